The maximum absolute atomic E-state index is 12.4. The van der Waals surface area contributed by atoms with Gasteiger partial charge in [0, 0.05) is 22.2 Å². The van der Waals surface area contributed by atoms with E-state index in [0.29, 0.717) is 45.7 Å². The first-order valence-corrected chi connectivity index (χ1v) is 24.9. The Balaban J connectivity index is 0.000000943. The largest absolute Gasteiger partial charge is 4.00 e. The van der Waals surface area contributed by atoms with Gasteiger partial charge in [-0.2, -0.15) is 0 Å². The van der Waals surface area contributed by atoms with E-state index in [0.717, 1.165) is 42.5 Å². The van der Waals surface area contributed by atoms with Crippen LogP contribution in [0.15, 0.2) is 72.8 Å². The predicted octanol–water partition coefficient (Wildman–Crippen LogP) is 16.4. The first-order valence-electron chi connectivity index (χ1n) is 24.9. The van der Waals surface area contributed by atoms with Crippen LogP contribution in [0.5, 0.6) is 23.0 Å². The van der Waals surface area contributed by atoms with E-state index in [1.165, 1.54) is 0 Å². The summed E-state index contributed by atoms with van der Waals surface area (Å²) in [6.45, 7) is 48.3. The molecule has 408 valence electrons. The third-order valence-corrected chi connectivity index (χ3v) is 11.5. The molecule has 0 aromatic heterocycles. The van der Waals surface area contributed by atoms with Crippen LogP contribution in [0.25, 0.3) is 0 Å². The van der Waals surface area contributed by atoms with E-state index in [1.807, 2.05) is 156 Å². The van der Waals surface area contributed by atoms with E-state index in [2.05, 4.69) is 83.1 Å². The number of rotatable bonds is 8. The Labute approximate surface area is 477 Å². The molecule has 12 nitrogen and oxygen atoms in total. The molecule has 4 aromatic rings. The van der Waals surface area contributed by atoms with Crippen LogP contribution in [0, 0.1) is 62.6 Å². The quantitative estimate of drug-likeness (QED) is 0.155. The standard InChI is InChI=1S/4C15H24NO2.Ce/c4*1-14(2,3)11-8-9-13(18-7)12(10-11)16(17)15(4,5)6;/h4*8-10H,1-7H3;/q4*-1;+4. The van der Waals surface area contributed by atoms with Crippen molar-refractivity contribution in [3.63, 3.8) is 0 Å². The molecular weight excluding hydrogens is 1040 g/mol. The van der Waals surface area contributed by atoms with Gasteiger partial charge in [0.1, 0.15) is 23.0 Å². The van der Waals surface area contributed by atoms with Crippen molar-refractivity contribution in [1.82, 2.24) is 0 Å². The predicted molar refractivity (Wildman–Crippen MR) is 309 cm³/mol. The van der Waals surface area contributed by atoms with E-state index >= 15 is 0 Å². The van der Waals surface area contributed by atoms with Gasteiger partial charge in [0.15, 0.2) is 0 Å². The van der Waals surface area contributed by atoms with Gasteiger partial charge in [0.25, 0.3) is 0 Å². The first kappa shape index (κ1) is 69.5. The van der Waals surface area contributed by atoms with Crippen molar-refractivity contribution in [3.8, 4) is 23.0 Å². The number of hydroxylamine groups is 4. The number of methoxy groups -OCH3 is 4. The molecule has 4 rings (SSSR count). The van der Waals surface area contributed by atoms with Gasteiger partial charge in [-0.05, 0) is 176 Å². The van der Waals surface area contributed by atoms with Crippen LogP contribution in [-0.2, 0) is 21.7 Å². The van der Waals surface area contributed by atoms with Gasteiger partial charge in [0.05, 0.1) is 51.2 Å². The molecular formula is C60H96CeN4O8. The second-order valence-corrected chi connectivity index (χ2v) is 26.4. The van der Waals surface area contributed by atoms with Gasteiger partial charge in [-0.1, -0.05) is 107 Å². The van der Waals surface area contributed by atoms with Gasteiger partial charge in [-0.25, -0.2) is 0 Å². The first-order chi connectivity index (χ1) is 32.3. The zero-order valence-corrected chi connectivity index (χ0v) is 53.6. The molecule has 0 heterocycles. The fourth-order valence-electron chi connectivity index (χ4n) is 6.71. The fraction of sp³-hybridized carbons (Fsp3) is 0.600. The summed E-state index contributed by atoms with van der Waals surface area (Å²) in [6, 6.07) is 23.2. The smallest absolute Gasteiger partial charge is 0.758 e. The normalized spacial score (nSPS) is 12.3. The summed E-state index contributed by atoms with van der Waals surface area (Å²) in [7, 11) is 6.36. The Bertz CT molecular complexity index is 1990. The van der Waals surface area contributed by atoms with Crippen molar-refractivity contribution < 1.29 is 60.7 Å². The van der Waals surface area contributed by atoms with Crippen LogP contribution in [0.2, 0.25) is 0 Å². The van der Waals surface area contributed by atoms with Gasteiger partial charge >= 0.3 is 41.7 Å². The van der Waals surface area contributed by atoms with E-state index in [1.54, 1.807) is 28.4 Å². The Morgan fingerprint density at radius 3 is 0.507 bits per heavy atom. The van der Waals surface area contributed by atoms with Crippen LogP contribution < -0.4 is 39.2 Å². The molecule has 0 amide bonds. The summed E-state index contributed by atoms with van der Waals surface area (Å²) in [5, 5.41) is 53.5. The number of ether oxygens (including phenoxy) is 4. The van der Waals surface area contributed by atoms with Gasteiger partial charge in [0.2, 0.25) is 0 Å². The van der Waals surface area contributed by atoms with Crippen molar-refractivity contribution in [2.24, 2.45) is 0 Å². The van der Waals surface area contributed by atoms with Gasteiger partial charge < -0.3 is 60.0 Å². The fourth-order valence-corrected chi connectivity index (χ4v) is 6.71. The van der Waals surface area contributed by atoms with E-state index in [-0.39, 0.29) is 63.4 Å². The van der Waals surface area contributed by atoms with Crippen molar-refractivity contribution in [3.05, 3.63) is 116 Å². The summed E-state index contributed by atoms with van der Waals surface area (Å²) in [5.74, 6) is 2.47. The summed E-state index contributed by atoms with van der Waals surface area (Å²) in [4.78, 5) is 0. The molecule has 0 aliphatic carbocycles. The van der Waals surface area contributed by atoms with Crippen LogP contribution in [-0.4, -0.2) is 50.6 Å². The monoisotopic (exact) mass is 1140 g/mol. The summed E-state index contributed by atoms with van der Waals surface area (Å²) < 4.78 is 21.2. The molecule has 4 aromatic carbocycles. The zero-order chi connectivity index (χ0) is 56.6. The van der Waals surface area contributed by atoms with E-state index in [4.69, 9.17) is 18.9 Å². The molecule has 0 aliphatic heterocycles. The Morgan fingerprint density at radius 2 is 0.411 bits per heavy atom. The van der Waals surface area contributed by atoms with Gasteiger partial charge in [-0.15, -0.1) is 0 Å². The maximum atomic E-state index is 12.4. The minimum absolute atomic E-state index is 0. The molecule has 73 heavy (non-hydrogen) atoms. The number of nitrogens with zero attached hydrogens (tertiary/aromatic N) is 4. The summed E-state index contributed by atoms with van der Waals surface area (Å²) in [6.07, 6.45) is 0. The average Bonchev–Trinajstić information content (AvgIpc) is 3.25. The molecule has 13 heteroatoms. The molecule has 0 saturated carbocycles. The Morgan fingerprint density at radius 1 is 0.274 bits per heavy atom. The molecule has 0 saturated heterocycles. The maximum Gasteiger partial charge on any atom is 4.00 e. The van der Waals surface area contributed by atoms with Crippen LogP contribution in [0.4, 0.5) is 22.7 Å². The third kappa shape index (κ3) is 20.9. The number of anilines is 4. The van der Waals surface area contributed by atoms with Crippen molar-refractivity contribution in [2.45, 2.75) is 210 Å². The molecule has 0 aliphatic rings. The van der Waals surface area contributed by atoms with E-state index in [9.17, 15) is 20.8 Å². The number of hydrogen-bond acceptors (Lipinski definition) is 12. The SMILES string of the molecule is COc1ccc(C(C)(C)C)cc1N([O-])C(C)(C)C.COc1ccc(C(C)(C)C)cc1N([O-])C(C)(C)C.COc1ccc(C(C)(C)C)cc1N([O-])C(C)(C)C.COc1ccc(C(C)(C)C)cc1N([O-])C(C)(C)C.[Ce+4]. The molecule has 0 N–H and O–H groups in total. The molecule has 0 atom stereocenters. The van der Waals surface area contributed by atoms with Crippen LogP contribution >= 0.6 is 0 Å². The molecule has 0 fully saturated rings. The third-order valence-electron chi connectivity index (χ3n) is 11.5. The Hall–Kier alpha value is -3.50. The average molecular weight is 1140 g/mol. The summed E-state index contributed by atoms with van der Waals surface area (Å²) >= 11 is 0. The Kier molecular flexibility index (Phi) is 25.2. The molecule has 0 bridgehead atoms. The van der Waals surface area contributed by atoms with Crippen LogP contribution in [0.3, 0.4) is 0 Å². The zero-order valence-electron chi connectivity index (χ0n) is 50.5. The minimum atomic E-state index is -0.482. The number of hydrogen-bond donors (Lipinski definition) is 0. The van der Waals surface area contributed by atoms with Crippen LogP contribution in [0.1, 0.15) is 188 Å². The van der Waals surface area contributed by atoms with Crippen molar-refractivity contribution in [2.75, 3.05) is 48.7 Å². The van der Waals surface area contributed by atoms with E-state index < -0.39 is 22.2 Å². The topological polar surface area (TPSA) is 142 Å². The minimum Gasteiger partial charge on any atom is -0.758 e. The van der Waals surface area contributed by atoms with Crippen molar-refractivity contribution >= 4 is 22.7 Å². The summed E-state index contributed by atoms with van der Waals surface area (Å²) in [5.41, 5.74) is 5.02. The molecule has 0 unspecified atom stereocenters. The molecule has 0 radical (unpaired) electrons. The number of benzene rings is 4. The van der Waals surface area contributed by atoms with Crippen molar-refractivity contribution in [1.29, 1.82) is 0 Å². The molecule has 0 spiro atoms. The second kappa shape index (κ2) is 26.5. The van der Waals surface area contributed by atoms with Gasteiger partial charge in [-0.3, -0.25) is 0 Å². The second-order valence-electron chi connectivity index (χ2n) is 26.4.